The number of alkyl halides is 1. The topological polar surface area (TPSA) is 74.5 Å². The summed E-state index contributed by atoms with van der Waals surface area (Å²) in [5.74, 6) is 1.15. The number of halogens is 1. The Morgan fingerprint density at radius 2 is 1.94 bits per heavy atom. The second kappa shape index (κ2) is 8.71. The largest absolute Gasteiger partial charge is 0.393 e. The molecular formula is C24H28ClN5O2. The minimum absolute atomic E-state index is 0.0430. The summed E-state index contributed by atoms with van der Waals surface area (Å²) in [4.78, 5) is 26.0. The number of aromatic nitrogens is 3. The molecule has 5 rings (SSSR count). The molecule has 1 N–H and O–H groups in total. The van der Waals surface area contributed by atoms with Crippen molar-refractivity contribution in [2.45, 2.75) is 56.8 Å². The van der Waals surface area contributed by atoms with Gasteiger partial charge < -0.3 is 19.5 Å². The summed E-state index contributed by atoms with van der Waals surface area (Å²) >= 11 is 5.77. The van der Waals surface area contributed by atoms with Crippen LogP contribution in [0.3, 0.4) is 0 Å². The number of carbonyl (C=O) groups excluding carboxylic acids is 1. The van der Waals surface area contributed by atoms with Crippen molar-refractivity contribution in [1.29, 1.82) is 0 Å². The Morgan fingerprint density at radius 1 is 1.22 bits per heavy atom. The summed E-state index contributed by atoms with van der Waals surface area (Å²) in [5.41, 5.74) is 3.47. The van der Waals surface area contributed by atoms with E-state index >= 15 is 0 Å². The molecule has 2 saturated heterocycles. The lowest BCUT2D eigenvalue weighted by molar-refractivity contribution is -0.117. The van der Waals surface area contributed by atoms with E-state index in [0.29, 0.717) is 30.2 Å². The molecule has 2 aromatic heterocycles. The highest BCUT2D eigenvalue weighted by atomic mass is 35.5. The Balaban J connectivity index is 1.60. The van der Waals surface area contributed by atoms with Gasteiger partial charge in [-0.2, -0.15) is 4.98 Å². The van der Waals surface area contributed by atoms with Crippen molar-refractivity contribution < 1.29 is 9.90 Å². The molecule has 3 aromatic rings. The number of aliphatic hydroxyl groups is 1. The zero-order chi connectivity index (χ0) is 22.2. The maximum absolute atomic E-state index is 12.4. The van der Waals surface area contributed by atoms with Crippen molar-refractivity contribution in [1.82, 2.24) is 14.5 Å². The van der Waals surface area contributed by atoms with Crippen LogP contribution in [-0.4, -0.2) is 56.7 Å². The number of aliphatic hydroxyl groups excluding tert-OH is 1. The zero-order valence-electron chi connectivity index (χ0n) is 18.2. The van der Waals surface area contributed by atoms with E-state index in [1.165, 1.54) is 5.56 Å². The van der Waals surface area contributed by atoms with Gasteiger partial charge in [0.2, 0.25) is 11.9 Å². The standard InChI is InChI=1S/C24H28ClN5O2/c1-28(22(32)9-10-25)19-13-21-23(26-14-19)27-24(29(21)15-16-5-3-2-4-6-16)30-17-7-8-18(30)12-20(31)11-17/h2-6,13-14,17-18,20,31H,7-12,15H2,1H3. The summed E-state index contributed by atoms with van der Waals surface area (Å²) < 4.78 is 2.21. The second-order valence-electron chi connectivity index (χ2n) is 8.83. The highest BCUT2D eigenvalue weighted by Gasteiger charge is 2.42. The van der Waals surface area contributed by atoms with Gasteiger partial charge in [0.15, 0.2) is 5.65 Å². The van der Waals surface area contributed by atoms with Gasteiger partial charge in [0, 0.05) is 31.4 Å². The van der Waals surface area contributed by atoms with Crippen LogP contribution in [0.4, 0.5) is 11.6 Å². The van der Waals surface area contributed by atoms with Gasteiger partial charge in [-0.3, -0.25) is 4.79 Å². The molecule has 2 fully saturated rings. The number of rotatable bonds is 6. The molecule has 0 radical (unpaired) electrons. The van der Waals surface area contributed by atoms with Crippen molar-refractivity contribution in [3.8, 4) is 0 Å². The van der Waals surface area contributed by atoms with Crippen molar-refractivity contribution in [2.24, 2.45) is 0 Å². The molecule has 2 aliphatic heterocycles. The van der Waals surface area contributed by atoms with Gasteiger partial charge in [0.05, 0.1) is 30.0 Å². The van der Waals surface area contributed by atoms with Crippen molar-refractivity contribution in [3.05, 3.63) is 48.2 Å². The zero-order valence-corrected chi connectivity index (χ0v) is 18.9. The van der Waals surface area contributed by atoms with Crippen molar-refractivity contribution in [2.75, 3.05) is 22.7 Å². The van der Waals surface area contributed by atoms with Crippen LogP contribution in [0, 0.1) is 0 Å². The number of hydrogen-bond acceptors (Lipinski definition) is 5. The molecule has 0 spiro atoms. The first kappa shape index (κ1) is 21.2. The first-order valence-electron chi connectivity index (χ1n) is 11.2. The predicted octanol–water partition coefficient (Wildman–Crippen LogP) is 3.56. The van der Waals surface area contributed by atoms with E-state index < -0.39 is 0 Å². The molecule has 8 heteroatoms. The van der Waals surface area contributed by atoms with E-state index in [9.17, 15) is 9.90 Å². The summed E-state index contributed by atoms with van der Waals surface area (Å²) in [6.45, 7) is 0.662. The predicted molar refractivity (Wildman–Crippen MR) is 126 cm³/mol. The van der Waals surface area contributed by atoms with Gasteiger partial charge in [-0.1, -0.05) is 30.3 Å². The molecule has 32 heavy (non-hydrogen) atoms. The molecule has 1 aromatic carbocycles. The molecular weight excluding hydrogens is 426 g/mol. The Bertz CT molecular complexity index is 1100. The lowest BCUT2D eigenvalue weighted by Crippen LogP contribution is -2.46. The van der Waals surface area contributed by atoms with Crippen molar-refractivity contribution in [3.63, 3.8) is 0 Å². The normalized spacial score (nSPS) is 22.5. The number of fused-ring (bicyclic) bond motifs is 3. The third-order valence-corrected chi connectivity index (χ3v) is 6.95. The summed E-state index contributed by atoms with van der Waals surface area (Å²) in [6.07, 6.45) is 5.45. The van der Waals surface area contributed by atoms with E-state index in [1.807, 2.05) is 24.3 Å². The first-order chi connectivity index (χ1) is 15.5. The average Bonchev–Trinajstić information content (AvgIpc) is 3.27. The smallest absolute Gasteiger partial charge is 0.227 e. The Hall–Kier alpha value is -2.64. The molecule has 1 amide bonds. The number of nitrogens with zero attached hydrogens (tertiary/aromatic N) is 5. The van der Waals surface area contributed by atoms with Gasteiger partial charge in [-0.05, 0) is 37.3 Å². The summed E-state index contributed by atoms with van der Waals surface area (Å²) in [6, 6.07) is 12.9. The number of anilines is 2. The number of benzene rings is 1. The molecule has 168 valence electrons. The number of piperidine rings is 1. The maximum Gasteiger partial charge on any atom is 0.227 e. The Kier molecular flexibility index (Phi) is 5.78. The molecule has 0 saturated carbocycles. The first-order valence-corrected chi connectivity index (χ1v) is 11.8. The third-order valence-electron chi connectivity index (χ3n) is 6.76. The van der Waals surface area contributed by atoms with Crippen LogP contribution in [0.2, 0.25) is 0 Å². The van der Waals surface area contributed by atoms with E-state index in [4.69, 9.17) is 16.6 Å². The van der Waals surface area contributed by atoms with Crippen LogP contribution in [0.25, 0.3) is 11.2 Å². The van der Waals surface area contributed by atoms with Gasteiger partial charge >= 0.3 is 0 Å². The SMILES string of the molecule is CN(C(=O)CCCl)c1cnc2nc(N3C4CCC3CC(O)C4)n(Cc3ccccc3)c2c1. The minimum Gasteiger partial charge on any atom is -0.393 e. The average molecular weight is 454 g/mol. The van der Waals surface area contributed by atoms with Gasteiger partial charge in [-0.25, -0.2) is 4.98 Å². The summed E-state index contributed by atoms with van der Waals surface area (Å²) in [7, 11) is 1.75. The minimum atomic E-state index is -0.234. The fourth-order valence-corrected chi connectivity index (χ4v) is 5.31. The summed E-state index contributed by atoms with van der Waals surface area (Å²) in [5, 5.41) is 10.3. The highest BCUT2D eigenvalue weighted by molar-refractivity contribution is 6.19. The molecule has 4 heterocycles. The second-order valence-corrected chi connectivity index (χ2v) is 9.21. The molecule has 2 bridgehead atoms. The molecule has 2 aliphatic rings. The monoisotopic (exact) mass is 453 g/mol. The Labute approximate surface area is 192 Å². The van der Waals surface area contributed by atoms with Gasteiger partial charge in [0.1, 0.15) is 0 Å². The molecule has 2 atom stereocenters. The van der Waals surface area contributed by atoms with E-state index in [-0.39, 0.29) is 18.4 Å². The molecule has 0 aliphatic carbocycles. The van der Waals surface area contributed by atoms with Crippen LogP contribution in [0.15, 0.2) is 42.6 Å². The van der Waals surface area contributed by atoms with E-state index in [2.05, 4.69) is 26.6 Å². The highest BCUT2D eigenvalue weighted by Crippen LogP contribution is 2.40. The van der Waals surface area contributed by atoms with Crippen LogP contribution in [-0.2, 0) is 11.3 Å². The maximum atomic E-state index is 12.4. The van der Waals surface area contributed by atoms with Crippen LogP contribution < -0.4 is 9.80 Å². The van der Waals surface area contributed by atoms with Crippen LogP contribution in [0.1, 0.15) is 37.7 Å². The lowest BCUT2D eigenvalue weighted by Gasteiger charge is -2.38. The molecule has 2 unspecified atom stereocenters. The van der Waals surface area contributed by atoms with E-state index in [1.54, 1.807) is 18.1 Å². The third kappa shape index (κ3) is 3.84. The quantitative estimate of drug-likeness (QED) is 0.577. The lowest BCUT2D eigenvalue weighted by atomic mass is 10.0. The van der Waals surface area contributed by atoms with Crippen LogP contribution in [0.5, 0.6) is 0 Å². The number of amides is 1. The van der Waals surface area contributed by atoms with Crippen molar-refractivity contribution >= 4 is 40.3 Å². The Morgan fingerprint density at radius 3 is 2.62 bits per heavy atom. The number of hydrogen-bond donors (Lipinski definition) is 1. The fourth-order valence-electron chi connectivity index (χ4n) is 5.15. The van der Waals surface area contributed by atoms with E-state index in [0.717, 1.165) is 42.8 Å². The fraction of sp³-hybridized carbons (Fsp3) is 0.458. The number of carbonyl (C=O) groups is 1. The van der Waals surface area contributed by atoms with Gasteiger partial charge in [0.25, 0.3) is 0 Å². The molecule has 7 nitrogen and oxygen atoms in total. The number of pyridine rings is 1. The van der Waals surface area contributed by atoms with Crippen LogP contribution >= 0.6 is 11.6 Å². The van der Waals surface area contributed by atoms with Gasteiger partial charge in [-0.15, -0.1) is 11.6 Å². The number of imidazole rings is 1.